The van der Waals surface area contributed by atoms with E-state index in [1.165, 1.54) is 12.1 Å². The monoisotopic (exact) mass is 278 g/mol. The van der Waals surface area contributed by atoms with Crippen molar-refractivity contribution in [2.75, 3.05) is 0 Å². The normalized spacial score (nSPS) is 13.6. The van der Waals surface area contributed by atoms with Crippen LogP contribution in [-0.2, 0) is 0 Å². The Morgan fingerprint density at radius 1 is 1.25 bits per heavy atom. The van der Waals surface area contributed by atoms with Crippen molar-refractivity contribution < 1.29 is 9.72 Å². The molecule has 0 saturated carbocycles. The Morgan fingerprint density at radius 3 is 2.25 bits per heavy atom. The number of nitrogens with zero attached hydrogens (tertiary/aromatic N) is 2. The molecule has 0 bridgehead atoms. The Bertz CT molecular complexity index is 478. The van der Waals surface area contributed by atoms with Gasteiger partial charge in [0, 0.05) is 29.8 Å². The van der Waals surface area contributed by atoms with Gasteiger partial charge in [-0.15, -0.1) is 0 Å². The molecule has 20 heavy (non-hydrogen) atoms. The van der Waals surface area contributed by atoms with E-state index in [0.29, 0.717) is 5.56 Å². The standard InChI is InChI=1S/C15H22N2O3/c1-5-11(3)16(12(4)6-2)15(18)13-8-7-9-14(10-13)17(19)20/h7-12H,5-6H2,1-4H3. The average Bonchev–Trinajstić information content (AvgIpc) is 2.46. The van der Waals surface area contributed by atoms with Crippen LogP contribution in [0.5, 0.6) is 0 Å². The number of carbonyl (C=O) groups excluding carboxylic acids is 1. The molecule has 5 heteroatoms. The van der Waals surface area contributed by atoms with E-state index >= 15 is 0 Å². The quantitative estimate of drug-likeness (QED) is 0.589. The van der Waals surface area contributed by atoms with Crippen LogP contribution in [-0.4, -0.2) is 27.8 Å². The van der Waals surface area contributed by atoms with Gasteiger partial charge in [0.1, 0.15) is 0 Å². The van der Waals surface area contributed by atoms with Crippen LogP contribution in [0.3, 0.4) is 0 Å². The van der Waals surface area contributed by atoms with E-state index in [-0.39, 0.29) is 23.7 Å². The number of nitro benzene ring substituents is 1. The second kappa shape index (κ2) is 7.03. The number of non-ortho nitro benzene ring substituents is 1. The Morgan fingerprint density at radius 2 is 1.80 bits per heavy atom. The lowest BCUT2D eigenvalue weighted by molar-refractivity contribution is -0.384. The minimum Gasteiger partial charge on any atom is -0.333 e. The fraction of sp³-hybridized carbons (Fsp3) is 0.533. The zero-order chi connectivity index (χ0) is 15.3. The number of carbonyl (C=O) groups is 1. The van der Waals surface area contributed by atoms with Crippen molar-refractivity contribution >= 4 is 11.6 Å². The highest BCUT2D eigenvalue weighted by atomic mass is 16.6. The predicted molar refractivity (Wildman–Crippen MR) is 78.8 cm³/mol. The lowest BCUT2D eigenvalue weighted by Gasteiger charge is -2.34. The van der Waals surface area contributed by atoms with E-state index in [1.807, 2.05) is 32.6 Å². The second-order valence-corrected chi connectivity index (χ2v) is 5.03. The molecular weight excluding hydrogens is 256 g/mol. The summed E-state index contributed by atoms with van der Waals surface area (Å²) in [6.45, 7) is 8.06. The minimum absolute atomic E-state index is 0.0518. The number of nitro groups is 1. The van der Waals surface area contributed by atoms with Crippen LogP contribution in [0.1, 0.15) is 50.9 Å². The van der Waals surface area contributed by atoms with Gasteiger partial charge in [-0.2, -0.15) is 0 Å². The van der Waals surface area contributed by atoms with Crippen LogP contribution >= 0.6 is 0 Å². The highest BCUT2D eigenvalue weighted by Gasteiger charge is 2.25. The van der Waals surface area contributed by atoms with E-state index in [4.69, 9.17) is 0 Å². The smallest absolute Gasteiger partial charge is 0.270 e. The number of hydrogen-bond acceptors (Lipinski definition) is 3. The number of benzene rings is 1. The zero-order valence-corrected chi connectivity index (χ0v) is 12.5. The average molecular weight is 278 g/mol. The van der Waals surface area contributed by atoms with Crippen molar-refractivity contribution in [1.29, 1.82) is 0 Å². The van der Waals surface area contributed by atoms with Gasteiger partial charge in [-0.25, -0.2) is 0 Å². The molecule has 0 fully saturated rings. The topological polar surface area (TPSA) is 63.5 Å². The first-order chi connectivity index (χ1) is 9.42. The molecule has 5 nitrogen and oxygen atoms in total. The fourth-order valence-corrected chi connectivity index (χ4v) is 2.13. The summed E-state index contributed by atoms with van der Waals surface area (Å²) in [5.41, 5.74) is 0.323. The molecule has 110 valence electrons. The van der Waals surface area contributed by atoms with Crippen LogP contribution < -0.4 is 0 Å². The largest absolute Gasteiger partial charge is 0.333 e. The van der Waals surface area contributed by atoms with Crippen molar-refractivity contribution in [3.8, 4) is 0 Å². The van der Waals surface area contributed by atoms with Gasteiger partial charge in [0.05, 0.1) is 4.92 Å². The molecule has 0 saturated heterocycles. The summed E-state index contributed by atoms with van der Waals surface area (Å²) in [4.78, 5) is 24.8. The Hall–Kier alpha value is -1.91. The summed E-state index contributed by atoms with van der Waals surface area (Å²) in [6.07, 6.45) is 1.70. The molecule has 2 unspecified atom stereocenters. The molecule has 2 atom stereocenters. The molecule has 1 aromatic carbocycles. The molecule has 0 aliphatic rings. The first-order valence-corrected chi connectivity index (χ1v) is 6.99. The second-order valence-electron chi connectivity index (χ2n) is 5.03. The van der Waals surface area contributed by atoms with E-state index in [1.54, 1.807) is 12.1 Å². The number of amides is 1. The molecule has 0 heterocycles. The highest BCUT2D eigenvalue weighted by molar-refractivity contribution is 5.95. The molecule has 0 aliphatic carbocycles. The van der Waals surface area contributed by atoms with Crippen LogP contribution in [0.4, 0.5) is 5.69 Å². The lowest BCUT2D eigenvalue weighted by Crippen LogP contribution is -2.44. The van der Waals surface area contributed by atoms with Crippen LogP contribution in [0, 0.1) is 10.1 Å². The zero-order valence-electron chi connectivity index (χ0n) is 12.5. The van der Waals surface area contributed by atoms with Crippen LogP contribution in [0.25, 0.3) is 0 Å². The summed E-state index contributed by atoms with van der Waals surface area (Å²) in [6, 6.07) is 6.14. The molecule has 0 radical (unpaired) electrons. The van der Waals surface area contributed by atoms with Gasteiger partial charge >= 0.3 is 0 Å². The Kier molecular flexibility index (Phi) is 5.67. The molecule has 1 amide bonds. The van der Waals surface area contributed by atoms with Gasteiger partial charge in [-0.05, 0) is 32.8 Å². The summed E-state index contributed by atoms with van der Waals surface area (Å²) >= 11 is 0. The van der Waals surface area contributed by atoms with Gasteiger partial charge in [-0.1, -0.05) is 19.9 Å². The third-order valence-electron chi connectivity index (χ3n) is 3.67. The van der Waals surface area contributed by atoms with Gasteiger partial charge in [0.2, 0.25) is 0 Å². The first-order valence-electron chi connectivity index (χ1n) is 6.99. The van der Waals surface area contributed by atoms with Crippen molar-refractivity contribution in [2.45, 2.75) is 52.6 Å². The Balaban J connectivity index is 3.12. The van der Waals surface area contributed by atoms with Crippen molar-refractivity contribution in [2.24, 2.45) is 0 Å². The SMILES string of the molecule is CCC(C)N(C(=O)c1cccc([N+](=O)[O-])c1)C(C)CC. The molecule has 1 aromatic rings. The summed E-state index contributed by atoms with van der Waals surface area (Å²) in [5.74, 6) is -0.141. The maximum absolute atomic E-state index is 12.6. The van der Waals surface area contributed by atoms with Gasteiger partial charge in [0.25, 0.3) is 11.6 Å². The minimum atomic E-state index is -0.479. The first kappa shape index (κ1) is 16.1. The molecule has 0 aromatic heterocycles. The maximum Gasteiger partial charge on any atom is 0.270 e. The fourth-order valence-electron chi connectivity index (χ4n) is 2.13. The third kappa shape index (κ3) is 3.56. The van der Waals surface area contributed by atoms with E-state index < -0.39 is 4.92 Å². The molecule has 1 rings (SSSR count). The Labute approximate surface area is 119 Å². The summed E-state index contributed by atoms with van der Waals surface area (Å²) in [7, 11) is 0. The predicted octanol–water partition coefficient (Wildman–Crippen LogP) is 3.63. The molecule has 0 aliphatic heterocycles. The maximum atomic E-state index is 12.6. The molecule has 0 N–H and O–H groups in total. The molecule has 0 spiro atoms. The summed E-state index contributed by atoms with van der Waals surface area (Å²) in [5, 5.41) is 10.8. The van der Waals surface area contributed by atoms with Crippen LogP contribution in [0.2, 0.25) is 0 Å². The van der Waals surface area contributed by atoms with Gasteiger partial charge < -0.3 is 4.90 Å². The van der Waals surface area contributed by atoms with Crippen molar-refractivity contribution in [3.05, 3.63) is 39.9 Å². The molecular formula is C15H22N2O3. The van der Waals surface area contributed by atoms with Crippen molar-refractivity contribution in [3.63, 3.8) is 0 Å². The van der Waals surface area contributed by atoms with Crippen LogP contribution in [0.15, 0.2) is 24.3 Å². The van der Waals surface area contributed by atoms with Gasteiger partial charge in [0.15, 0.2) is 0 Å². The third-order valence-corrected chi connectivity index (χ3v) is 3.67. The number of hydrogen-bond donors (Lipinski definition) is 0. The lowest BCUT2D eigenvalue weighted by atomic mass is 10.1. The van der Waals surface area contributed by atoms with E-state index in [0.717, 1.165) is 12.8 Å². The van der Waals surface area contributed by atoms with Crippen molar-refractivity contribution in [1.82, 2.24) is 4.90 Å². The number of rotatable bonds is 6. The summed E-state index contributed by atoms with van der Waals surface area (Å²) < 4.78 is 0. The van der Waals surface area contributed by atoms with E-state index in [2.05, 4.69) is 0 Å². The highest BCUT2D eigenvalue weighted by Crippen LogP contribution is 2.19. The van der Waals surface area contributed by atoms with E-state index in [9.17, 15) is 14.9 Å². The van der Waals surface area contributed by atoms with Gasteiger partial charge in [-0.3, -0.25) is 14.9 Å².